The molecule has 0 saturated heterocycles. The van der Waals surface area contributed by atoms with Crippen molar-refractivity contribution < 1.29 is 4.74 Å². The highest BCUT2D eigenvalue weighted by Crippen LogP contribution is 2.22. The Kier molecular flexibility index (Phi) is 4.33. The van der Waals surface area contributed by atoms with Gasteiger partial charge in [-0.05, 0) is 24.1 Å². The second-order valence-electron chi connectivity index (χ2n) is 3.10. The Balaban J connectivity index is 2.73. The van der Waals surface area contributed by atoms with Crippen LogP contribution in [0, 0.1) is 0 Å². The summed E-state index contributed by atoms with van der Waals surface area (Å²) in [6.45, 7) is 2.17. The van der Waals surface area contributed by atoms with Gasteiger partial charge >= 0.3 is 0 Å². The fraction of sp³-hybridized carbons (Fsp3) is 0.455. The van der Waals surface area contributed by atoms with E-state index < -0.39 is 0 Å². The van der Waals surface area contributed by atoms with Gasteiger partial charge in [0.2, 0.25) is 0 Å². The van der Waals surface area contributed by atoms with Crippen molar-refractivity contribution in [2.45, 2.75) is 30.8 Å². The van der Waals surface area contributed by atoms with E-state index in [0.29, 0.717) is 0 Å². The molecule has 0 aliphatic carbocycles. The number of rotatable bonds is 4. The van der Waals surface area contributed by atoms with E-state index in [1.807, 2.05) is 12.1 Å². The van der Waals surface area contributed by atoms with E-state index in [2.05, 4.69) is 31.7 Å². The Bertz CT molecular complexity index is 243. The van der Waals surface area contributed by atoms with Crippen LogP contribution in [-0.4, -0.2) is 7.11 Å². The van der Waals surface area contributed by atoms with E-state index in [4.69, 9.17) is 4.74 Å². The highest BCUT2D eigenvalue weighted by molar-refractivity contribution is 7.80. The summed E-state index contributed by atoms with van der Waals surface area (Å²) in [5.74, 6) is 0. The molecule has 0 bridgehead atoms. The van der Waals surface area contributed by atoms with Crippen molar-refractivity contribution in [1.29, 1.82) is 0 Å². The van der Waals surface area contributed by atoms with Crippen molar-refractivity contribution in [2.24, 2.45) is 0 Å². The predicted molar refractivity (Wildman–Crippen MR) is 58.4 cm³/mol. The summed E-state index contributed by atoms with van der Waals surface area (Å²) in [5.41, 5.74) is 1.24. The number of methoxy groups -OCH3 is 1. The van der Waals surface area contributed by atoms with Crippen LogP contribution in [0.2, 0.25) is 0 Å². The van der Waals surface area contributed by atoms with Crippen molar-refractivity contribution in [3.05, 3.63) is 29.8 Å². The van der Waals surface area contributed by atoms with Crippen molar-refractivity contribution in [2.75, 3.05) is 7.11 Å². The molecule has 0 amide bonds. The standard InChI is InChI=1S/C11H16OS/c1-3-4-11(12-2)9-5-7-10(13)8-6-9/h5-8,11,13H,3-4H2,1-2H3/t11-/m1/s1. The smallest absolute Gasteiger partial charge is 0.0821 e. The third-order valence-electron chi connectivity index (χ3n) is 2.10. The van der Waals surface area contributed by atoms with Crippen LogP contribution >= 0.6 is 12.6 Å². The van der Waals surface area contributed by atoms with Crippen molar-refractivity contribution in [3.8, 4) is 0 Å². The average molecular weight is 196 g/mol. The molecule has 0 aliphatic heterocycles. The zero-order valence-corrected chi connectivity index (χ0v) is 9.05. The normalized spacial score (nSPS) is 12.8. The van der Waals surface area contributed by atoms with Gasteiger partial charge in [-0.25, -0.2) is 0 Å². The number of thiol groups is 1. The maximum atomic E-state index is 5.39. The van der Waals surface area contributed by atoms with Crippen LogP contribution in [0.3, 0.4) is 0 Å². The third kappa shape index (κ3) is 3.05. The first-order chi connectivity index (χ1) is 6.27. The summed E-state index contributed by atoms with van der Waals surface area (Å²) in [6, 6.07) is 8.15. The minimum atomic E-state index is 0.235. The Morgan fingerprint density at radius 2 is 1.92 bits per heavy atom. The van der Waals surface area contributed by atoms with Crippen molar-refractivity contribution in [1.82, 2.24) is 0 Å². The lowest BCUT2D eigenvalue weighted by Crippen LogP contribution is -2.00. The van der Waals surface area contributed by atoms with Crippen LogP contribution in [0.5, 0.6) is 0 Å². The summed E-state index contributed by atoms with van der Waals surface area (Å²) in [5, 5.41) is 0. The van der Waals surface area contributed by atoms with Crippen LogP contribution in [0.15, 0.2) is 29.2 Å². The highest BCUT2D eigenvalue weighted by atomic mass is 32.1. The highest BCUT2D eigenvalue weighted by Gasteiger charge is 2.07. The molecule has 1 aromatic rings. The van der Waals surface area contributed by atoms with E-state index >= 15 is 0 Å². The van der Waals surface area contributed by atoms with Gasteiger partial charge in [0, 0.05) is 12.0 Å². The first kappa shape index (κ1) is 10.6. The maximum Gasteiger partial charge on any atom is 0.0821 e. The molecule has 0 fully saturated rings. The fourth-order valence-corrected chi connectivity index (χ4v) is 1.52. The number of hydrogen-bond donors (Lipinski definition) is 1. The number of benzene rings is 1. The number of hydrogen-bond acceptors (Lipinski definition) is 2. The number of ether oxygens (including phenoxy) is 1. The minimum Gasteiger partial charge on any atom is -0.377 e. The Morgan fingerprint density at radius 3 is 2.38 bits per heavy atom. The zero-order chi connectivity index (χ0) is 9.68. The molecule has 13 heavy (non-hydrogen) atoms. The molecule has 72 valence electrons. The Morgan fingerprint density at radius 1 is 1.31 bits per heavy atom. The average Bonchev–Trinajstić information content (AvgIpc) is 2.16. The molecule has 0 aliphatic rings. The lowest BCUT2D eigenvalue weighted by Gasteiger charge is -2.14. The van der Waals surface area contributed by atoms with Crippen LogP contribution < -0.4 is 0 Å². The molecule has 0 radical (unpaired) electrons. The van der Waals surface area contributed by atoms with Crippen LogP contribution in [-0.2, 0) is 4.74 Å². The fourth-order valence-electron chi connectivity index (χ4n) is 1.37. The molecule has 0 spiro atoms. The Labute approximate surface area is 85.5 Å². The van der Waals surface area contributed by atoms with Gasteiger partial charge in [-0.15, -0.1) is 12.6 Å². The van der Waals surface area contributed by atoms with E-state index in [1.165, 1.54) is 5.56 Å². The van der Waals surface area contributed by atoms with Gasteiger partial charge in [-0.1, -0.05) is 25.5 Å². The summed E-state index contributed by atoms with van der Waals surface area (Å²) in [4.78, 5) is 0.995. The van der Waals surface area contributed by atoms with Gasteiger partial charge in [-0.2, -0.15) is 0 Å². The zero-order valence-electron chi connectivity index (χ0n) is 8.16. The molecule has 0 aromatic heterocycles. The van der Waals surface area contributed by atoms with Crippen LogP contribution in [0.25, 0.3) is 0 Å². The van der Waals surface area contributed by atoms with Gasteiger partial charge in [0.15, 0.2) is 0 Å². The largest absolute Gasteiger partial charge is 0.377 e. The monoisotopic (exact) mass is 196 g/mol. The van der Waals surface area contributed by atoms with E-state index in [1.54, 1.807) is 7.11 Å². The summed E-state index contributed by atoms with van der Waals surface area (Å²) in [6.07, 6.45) is 2.45. The lowest BCUT2D eigenvalue weighted by molar-refractivity contribution is 0.0950. The quantitative estimate of drug-likeness (QED) is 0.725. The van der Waals surface area contributed by atoms with Gasteiger partial charge < -0.3 is 4.74 Å². The van der Waals surface area contributed by atoms with Crippen molar-refractivity contribution >= 4 is 12.6 Å². The molecule has 1 aromatic carbocycles. The topological polar surface area (TPSA) is 9.23 Å². The molecule has 1 atom stereocenters. The van der Waals surface area contributed by atoms with E-state index in [0.717, 1.165) is 17.7 Å². The second kappa shape index (κ2) is 5.30. The van der Waals surface area contributed by atoms with Gasteiger partial charge in [-0.3, -0.25) is 0 Å². The minimum absolute atomic E-state index is 0.235. The third-order valence-corrected chi connectivity index (χ3v) is 2.40. The predicted octanol–water partition coefficient (Wildman–Crippen LogP) is 3.46. The molecular formula is C11H16OS. The summed E-state index contributed by atoms with van der Waals surface area (Å²) < 4.78 is 5.39. The molecule has 0 heterocycles. The van der Waals surface area contributed by atoms with Gasteiger partial charge in [0.25, 0.3) is 0 Å². The van der Waals surface area contributed by atoms with E-state index in [-0.39, 0.29) is 6.10 Å². The molecule has 1 nitrogen and oxygen atoms in total. The van der Waals surface area contributed by atoms with Crippen molar-refractivity contribution in [3.63, 3.8) is 0 Å². The molecule has 0 unspecified atom stereocenters. The summed E-state index contributed by atoms with van der Waals surface area (Å²) in [7, 11) is 1.76. The summed E-state index contributed by atoms with van der Waals surface area (Å²) >= 11 is 4.24. The lowest BCUT2D eigenvalue weighted by atomic mass is 10.1. The van der Waals surface area contributed by atoms with Crippen LogP contribution in [0.4, 0.5) is 0 Å². The SMILES string of the molecule is CCC[C@@H](OC)c1ccc(S)cc1. The molecule has 0 N–H and O–H groups in total. The molecule has 0 saturated carbocycles. The molecular weight excluding hydrogens is 180 g/mol. The first-order valence-corrected chi connectivity index (χ1v) is 5.04. The molecule has 2 heteroatoms. The Hall–Kier alpha value is -0.470. The molecule has 1 rings (SSSR count). The van der Waals surface area contributed by atoms with Gasteiger partial charge in [0.05, 0.1) is 6.10 Å². The van der Waals surface area contributed by atoms with Crippen LogP contribution in [0.1, 0.15) is 31.4 Å². The first-order valence-electron chi connectivity index (χ1n) is 4.59. The second-order valence-corrected chi connectivity index (χ2v) is 3.62. The van der Waals surface area contributed by atoms with E-state index in [9.17, 15) is 0 Å². The maximum absolute atomic E-state index is 5.39. The van der Waals surface area contributed by atoms with Gasteiger partial charge in [0.1, 0.15) is 0 Å².